The first-order valence-electron chi connectivity index (χ1n) is 8.04. The van der Waals surface area contributed by atoms with Crippen LogP contribution in [0.25, 0.3) is 0 Å². The molecule has 1 aliphatic rings. The molecule has 0 amide bonds. The van der Waals surface area contributed by atoms with Crippen LogP contribution in [0.15, 0.2) is 24.4 Å². The van der Waals surface area contributed by atoms with Crippen molar-refractivity contribution in [2.45, 2.75) is 44.3 Å². The Bertz CT molecular complexity index is 470. The molecule has 1 heterocycles. The highest BCUT2D eigenvalue weighted by Gasteiger charge is 2.39. The first-order chi connectivity index (χ1) is 10.7. The predicted octanol–water partition coefficient (Wildman–Crippen LogP) is 3.61. The average molecular weight is 326 g/mol. The van der Waals surface area contributed by atoms with Gasteiger partial charge in [0.1, 0.15) is 5.78 Å². The maximum absolute atomic E-state index is 12.9. The van der Waals surface area contributed by atoms with Gasteiger partial charge in [-0.25, -0.2) is 0 Å². The summed E-state index contributed by atoms with van der Waals surface area (Å²) in [6, 6.07) is 5.89. The molecule has 0 aliphatic heterocycles. The first kappa shape index (κ1) is 17.6. The molecule has 6 heteroatoms. The van der Waals surface area contributed by atoms with Crippen molar-refractivity contribution in [1.82, 2.24) is 10.3 Å². The minimum atomic E-state index is -3.11. The van der Waals surface area contributed by atoms with Crippen LogP contribution in [-0.4, -0.2) is 31.5 Å². The molecule has 0 saturated heterocycles. The Morgan fingerprint density at radius 2 is 2.00 bits per heavy atom. The largest absolute Gasteiger partial charge is 0.347 e. The van der Waals surface area contributed by atoms with Gasteiger partial charge in [-0.05, 0) is 30.9 Å². The zero-order valence-electron chi connectivity index (χ0n) is 13.5. The standard InChI is InChI=1S/C16H27N2O3P/c1-20-22(19,21-2)16(14-8-4-3-5-9-14)18-13-11-15-10-6-7-12-17-15/h6-7,10,12,14,16,18H,3-5,8-9,11,13H2,1-2H3. The number of pyridine rings is 1. The molecule has 1 aliphatic carbocycles. The highest BCUT2D eigenvalue weighted by molar-refractivity contribution is 7.54. The fourth-order valence-corrected chi connectivity index (χ4v) is 4.95. The van der Waals surface area contributed by atoms with Gasteiger partial charge in [0.25, 0.3) is 0 Å². The molecule has 2 rings (SSSR count). The monoisotopic (exact) mass is 326 g/mol. The first-order valence-corrected chi connectivity index (χ1v) is 9.65. The Hall–Kier alpha value is -0.740. The molecule has 5 nitrogen and oxygen atoms in total. The van der Waals surface area contributed by atoms with E-state index >= 15 is 0 Å². The Kier molecular flexibility index (Phi) is 7.03. The average Bonchev–Trinajstić information content (AvgIpc) is 2.60. The van der Waals surface area contributed by atoms with Gasteiger partial charge in [0.15, 0.2) is 0 Å². The highest BCUT2D eigenvalue weighted by Crippen LogP contribution is 2.55. The fraction of sp³-hybridized carbons (Fsp3) is 0.688. The number of aromatic nitrogens is 1. The van der Waals surface area contributed by atoms with Crippen molar-refractivity contribution in [2.75, 3.05) is 20.8 Å². The lowest BCUT2D eigenvalue weighted by molar-refractivity contribution is 0.224. The van der Waals surface area contributed by atoms with Crippen LogP contribution in [0.1, 0.15) is 37.8 Å². The van der Waals surface area contributed by atoms with Crippen LogP contribution < -0.4 is 5.32 Å². The van der Waals surface area contributed by atoms with E-state index < -0.39 is 7.60 Å². The quantitative estimate of drug-likeness (QED) is 0.740. The van der Waals surface area contributed by atoms with Crippen molar-refractivity contribution in [1.29, 1.82) is 0 Å². The van der Waals surface area contributed by atoms with Crippen LogP contribution in [0.4, 0.5) is 0 Å². The summed E-state index contributed by atoms with van der Waals surface area (Å²) >= 11 is 0. The summed E-state index contributed by atoms with van der Waals surface area (Å²) < 4.78 is 23.4. The van der Waals surface area contributed by atoms with Gasteiger partial charge in [0, 0.05) is 39.1 Å². The maximum Gasteiger partial charge on any atom is 0.347 e. The van der Waals surface area contributed by atoms with Gasteiger partial charge in [-0.15, -0.1) is 0 Å². The van der Waals surface area contributed by atoms with E-state index in [1.54, 1.807) is 6.20 Å². The van der Waals surface area contributed by atoms with E-state index in [1.807, 2.05) is 18.2 Å². The van der Waals surface area contributed by atoms with Gasteiger partial charge < -0.3 is 14.4 Å². The predicted molar refractivity (Wildman–Crippen MR) is 87.9 cm³/mol. The van der Waals surface area contributed by atoms with E-state index in [9.17, 15) is 4.57 Å². The van der Waals surface area contributed by atoms with E-state index in [-0.39, 0.29) is 5.78 Å². The lowest BCUT2D eigenvalue weighted by Gasteiger charge is -2.34. The van der Waals surface area contributed by atoms with E-state index in [0.717, 1.165) is 31.5 Å². The van der Waals surface area contributed by atoms with Gasteiger partial charge in [0.05, 0.1) is 0 Å². The number of nitrogens with zero attached hydrogens (tertiary/aromatic N) is 1. The molecular weight excluding hydrogens is 299 g/mol. The molecule has 1 aromatic rings. The second-order valence-electron chi connectivity index (χ2n) is 5.77. The molecule has 1 saturated carbocycles. The van der Waals surface area contributed by atoms with E-state index in [1.165, 1.54) is 33.5 Å². The second kappa shape index (κ2) is 8.78. The van der Waals surface area contributed by atoms with Crippen LogP contribution in [-0.2, 0) is 20.0 Å². The number of rotatable bonds is 8. The summed E-state index contributed by atoms with van der Waals surface area (Å²) in [5.74, 6) is 0.120. The molecule has 1 aromatic heterocycles. The van der Waals surface area contributed by atoms with Gasteiger partial charge in [-0.1, -0.05) is 25.3 Å². The molecule has 1 fully saturated rings. The molecule has 1 atom stereocenters. The molecule has 124 valence electrons. The number of hydrogen-bond donors (Lipinski definition) is 1. The smallest absolute Gasteiger partial charge is 0.311 e. The van der Waals surface area contributed by atoms with Crippen LogP contribution in [0.5, 0.6) is 0 Å². The van der Waals surface area contributed by atoms with Crippen LogP contribution in [0.3, 0.4) is 0 Å². The van der Waals surface area contributed by atoms with Crippen molar-refractivity contribution in [3.8, 4) is 0 Å². The third-order valence-corrected chi connectivity index (χ3v) is 6.71. The van der Waals surface area contributed by atoms with E-state index in [4.69, 9.17) is 9.05 Å². The third-order valence-electron chi connectivity index (χ3n) is 4.41. The summed E-state index contributed by atoms with van der Waals surface area (Å²) in [5.41, 5.74) is 1.03. The lowest BCUT2D eigenvalue weighted by Crippen LogP contribution is -2.39. The summed E-state index contributed by atoms with van der Waals surface area (Å²) in [7, 11) is -0.167. The Morgan fingerprint density at radius 1 is 1.27 bits per heavy atom. The number of hydrogen-bond acceptors (Lipinski definition) is 5. The summed E-state index contributed by atoms with van der Waals surface area (Å²) in [6.45, 7) is 0.717. The van der Waals surface area contributed by atoms with Crippen molar-refractivity contribution < 1.29 is 13.6 Å². The Labute approximate surface area is 133 Å². The Balaban J connectivity index is 1.99. The molecular formula is C16H27N2O3P. The summed E-state index contributed by atoms with van der Waals surface area (Å²) in [6.07, 6.45) is 8.41. The van der Waals surface area contributed by atoms with E-state index in [0.29, 0.717) is 5.92 Å². The zero-order chi connectivity index (χ0) is 15.8. The van der Waals surface area contributed by atoms with Crippen molar-refractivity contribution >= 4 is 7.60 Å². The zero-order valence-corrected chi connectivity index (χ0v) is 14.4. The van der Waals surface area contributed by atoms with Crippen LogP contribution in [0, 0.1) is 5.92 Å². The lowest BCUT2D eigenvalue weighted by atomic mass is 9.89. The molecule has 1 N–H and O–H groups in total. The minimum absolute atomic E-state index is 0.230. The molecule has 0 bridgehead atoms. The van der Waals surface area contributed by atoms with Crippen molar-refractivity contribution in [3.63, 3.8) is 0 Å². The normalized spacial score (nSPS) is 18.3. The van der Waals surface area contributed by atoms with Crippen LogP contribution >= 0.6 is 7.60 Å². The van der Waals surface area contributed by atoms with Crippen molar-refractivity contribution in [2.24, 2.45) is 5.92 Å². The van der Waals surface area contributed by atoms with Crippen LogP contribution in [0.2, 0.25) is 0 Å². The van der Waals surface area contributed by atoms with Gasteiger partial charge >= 0.3 is 7.60 Å². The molecule has 0 aromatic carbocycles. The molecule has 0 spiro atoms. The molecule has 22 heavy (non-hydrogen) atoms. The Morgan fingerprint density at radius 3 is 2.59 bits per heavy atom. The van der Waals surface area contributed by atoms with Crippen molar-refractivity contribution in [3.05, 3.63) is 30.1 Å². The van der Waals surface area contributed by atoms with Gasteiger partial charge in [0.2, 0.25) is 0 Å². The summed E-state index contributed by atoms with van der Waals surface area (Å²) in [5, 5.41) is 3.43. The topological polar surface area (TPSA) is 60.5 Å². The summed E-state index contributed by atoms with van der Waals surface area (Å²) in [4.78, 5) is 4.32. The minimum Gasteiger partial charge on any atom is -0.311 e. The van der Waals surface area contributed by atoms with E-state index in [2.05, 4.69) is 10.3 Å². The highest BCUT2D eigenvalue weighted by atomic mass is 31.2. The SMILES string of the molecule is COP(=O)(OC)C(NCCc1ccccn1)C1CCCCC1. The molecule has 0 radical (unpaired) electrons. The van der Waals surface area contributed by atoms with Gasteiger partial charge in [-0.2, -0.15) is 0 Å². The molecule has 1 unspecified atom stereocenters. The maximum atomic E-state index is 12.9. The third kappa shape index (κ3) is 4.63. The number of nitrogens with one attached hydrogen (secondary N) is 1. The fourth-order valence-electron chi connectivity index (χ4n) is 3.18. The second-order valence-corrected chi connectivity index (χ2v) is 8.14. The van der Waals surface area contributed by atoms with Gasteiger partial charge in [-0.3, -0.25) is 9.55 Å².